The summed E-state index contributed by atoms with van der Waals surface area (Å²) < 4.78 is 1.42. The van der Waals surface area contributed by atoms with Crippen molar-refractivity contribution in [2.24, 2.45) is 0 Å². The number of nitrogens with zero attached hydrogens (tertiary/aromatic N) is 7. The molecule has 1 aliphatic heterocycles. The van der Waals surface area contributed by atoms with Crippen molar-refractivity contribution in [1.29, 1.82) is 0 Å². The summed E-state index contributed by atoms with van der Waals surface area (Å²) in [4.78, 5) is 14.9. The zero-order valence-electron chi connectivity index (χ0n) is 13.5. The highest BCUT2D eigenvalue weighted by Gasteiger charge is 2.44. The van der Waals surface area contributed by atoms with Crippen molar-refractivity contribution in [3.8, 4) is 5.82 Å². The van der Waals surface area contributed by atoms with Gasteiger partial charge in [0.2, 0.25) is 0 Å². The third kappa shape index (κ3) is 2.17. The average Bonchev–Trinajstić information content (AvgIpc) is 3.41. The monoisotopic (exact) mass is 339 g/mol. The quantitative estimate of drug-likeness (QED) is 0.689. The van der Waals surface area contributed by atoms with Gasteiger partial charge in [0.1, 0.15) is 12.0 Å². The second kappa shape index (κ2) is 5.23. The summed E-state index contributed by atoms with van der Waals surface area (Å²) in [6.45, 7) is 1.46. The summed E-state index contributed by atoms with van der Waals surface area (Å²) in [5, 5.41) is 25.2. The summed E-state index contributed by atoms with van der Waals surface area (Å²) in [6, 6.07) is 1.68. The van der Waals surface area contributed by atoms with Gasteiger partial charge in [0.05, 0.1) is 6.20 Å². The standard InChI is InChI=1S/C15H17N9O/c25-14(11-6-12(19-18-11)24-9-17-21-22-24)23-5-1-3-15(8-23)4-2-10-7-16-20-13(10)15/h6-7,9H,1-5,8H2,(H,16,20)(H,18,19). The Labute approximate surface area is 142 Å². The van der Waals surface area contributed by atoms with Crippen LogP contribution in [-0.2, 0) is 11.8 Å². The molecule has 2 N–H and O–H groups in total. The van der Waals surface area contributed by atoms with Crippen LogP contribution in [0.2, 0.25) is 0 Å². The molecule has 128 valence electrons. The largest absolute Gasteiger partial charge is 0.336 e. The Kier molecular flexibility index (Phi) is 2.99. The zero-order valence-corrected chi connectivity index (χ0v) is 13.5. The van der Waals surface area contributed by atoms with Gasteiger partial charge in [0.25, 0.3) is 5.91 Å². The van der Waals surface area contributed by atoms with Crippen LogP contribution in [0.15, 0.2) is 18.6 Å². The molecule has 1 amide bonds. The summed E-state index contributed by atoms with van der Waals surface area (Å²) >= 11 is 0. The van der Waals surface area contributed by atoms with Gasteiger partial charge in [-0.3, -0.25) is 15.0 Å². The number of likely N-dealkylation sites (tertiary alicyclic amines) is 1. The molecule has 3 aromatic heterocycles. The minimum absolute atomic E-state index is 0.0123. The number of H-pyrrole nitrogens is 2. The molecular formula is C15H17N9O. The molecule has 25 heavy (non-hydrogen) atoms. The fourth-order valence-corrected chi connectivity index (χ4v) is 4.15. The number of hydrogen-bond donors (Lipinski definition) is 2. The highest BCUT2D eigenvalue weighted by atomic mass is 16.2. The van der Waals surface area contributed by atoms with Crippen molar-refractivity contribution >= 4 is 5.91 Å². The molecule has 0 radical (unpaired) electrons. The van der Waals surface area contributed by atoms with Crippen LogP contribution >= 0.6 is 0 Å². The molecule has 1 spiro atoms. The molecule has 0 aromatic carbocycles. The van der Waals surface area contributed by atoms with Gasteiger partial charge in [-0.05, 0) is 41.7 Å². The SMILES string of the molecule is O=C(c1cc(-n2cnnn2)n[nH]1)N1CCCC2(CCc3cn[nH]c32)C1. The number of piperidine rings is 1. The molecule has 2 aliphatic rings. The van der Waals surface area contributed by atoms with Gasteiger partial charge in [-0.2, -0.15) is 14.9 Å². The number of carbonyl (C=O) groups excluding carboxylic acids is 1. The maximum atomic E-state index is 12.9. The lowest BCUT2D eigenvalue weighted by Crippen LogP contribution is -2.48. The van der Waals surface area contributed by atoms with E-state index in [1.807, 2.05) is 11.1 Å². The molecule has 10 heteroatoms. The lowest BCUT2D eigenvalue weighted by molar-refractivity contribution is 0.0627. The molecular weight excluding hydrogens is 322 g/mol. The first-order chi connectivity index (χ1) is 12.3. The molecule has 4 heterocycles. The molecule has 1 unspecified atom stereocenters. The Balaban J connectivity index is 1.39. The number of amides is 1. The zero-order chi connectivity index (χ0) is 16.9. The van der Waals surface area contributed by atoms with E-state index in [-0.39, 0.29) is 11.3 Å². The third-order valence-electron chi connectivity index (χ3n) is 5.36. The van der Waals surface area contributed by atoms with Crippen molar-refractivity contribution < 1.29 is 4.79 Å². The van der Waals surface area contributed by atoms with Crippen molar-refractivity contribution in [3.63, 3.8) is 0 Å². The van der Waals surface area contributed by atoms with Crippen molar-refractivity contribution in [2.45, 2.75) is 31.1 Å². The minimum Gasteiger partial charge on any atom is -0.336 e. The number of aromatic nitrogens is 8. The number of aryl methyl sites for hydroxylation is 1. The number of tetrazole rings is 1. The maximum absolute atomic E-state index is 12.9. The summed E-state index contributed by atoms with van der Waals surface area (Å²) in [5.41, 5.74) is 2.96. The fraction of sp³-hybridized carbons (Fsp3) is 0.467. The van der Waals surface area contributed by atoms with Crippen LogP contribution in [0, 0.1) is 0 Å². The van der Waals surface area contributed by atoms with Gasteiger partial charge in [-0.25, -0.2) is 0 Å². The Morgan fingerprint density at radius 3 is 3.12 bits per heavy atom. The van der Waals surface area contributed by atoms with Crippen LogP contribution in [0.4, 0.5) is 0 Å². The molecule has 1 saturated heterocycles. The first-order valence-electron chi connectivity index (χ1n) is 8.36. The first-order valence-corrected chi connectivity index (χ1v) is 8.36. The van der Waals surface area contributed by atoms with E-state index in [2.05, 4.69) is 35.9 Å². The first kappa shape index (κ1) is 14.3. The molecule has 1 aliphatic carbocycles. The Hall–Kier alpha value is -3.04. The number of carbonyl (C=O) groups is 1. The van der Waals surface area contributed by atoms with E-state index in [0.29, 0.717) is 18.1 Å². The highest BCUT2D eigenvalue weighted by Crippen LogP contribution is 2.43. The highest BCUT2D eigenvalue weighted by molar-refractivity contribution is 5.92. The van der Waals surface area contributed by atoms with Gasteiger partial charge in [-0.15, -0.1) is 5.10 Å². The lowest BCUT2D eigenvalue weighted by Gasteiger charge is -2.40. The van der Waals surface area contributed by atoms with Crippen molar-refractivity contribution in [2.75, 3.05) is 13.1 Å². The minimum atomic E-state index is -0.0427. The van der Waals surface area contributed by atoms with E-state index >= 15 is 0 Å². The van der Waals surface area contributed by atoms with E-state index in [9.17, 15) is 4.79 Å². The predicted octanol–water partition coefficient (Wildman–Crippen LogP) is 0.229. The topological polar surface area (TPSA) is 121 Å². The number of nitrogens with one attached hydrogen (secondary N) is 2. The molecule has 1 fully saturated rings. The van der Waals surface area contributed by atoms with Gasteiger partial charge >= 0.3 is 0 Å². The molecule has 1 atom stereocenters. The average molecular weight is 339 g/mol. The summed E-state index contributed by atoms with van der Waals surface area (Å²) in [6.07, 6.45) is 7.53. The van der Waals surface area contributed by atoms with E-state index in [1.165, 1.54) is 22.3 Å². The maximum Gasteiger partial charge on any atom is 0.271 e. The van der Waals surface area contributed by atoms with E-state index < -0.39 is 0 Å². The number of fused-ring (bicyclic) bond motifs is 2. The second-order valence-electron chi connectivity index (χ2n) is 6.78. The molecule has 3 aromatic rings. The third-order valence-corrected chi connectivity index (χ3v) is 5.36. The van der Waals surface area contributed by atoms with Gasteiger partial charge in [0, 0.05) is 30.3 Å². The number of rotatable bonds is 2. The van der Waals surface area contributed by atoms with Crippen LogP contribution in [0.25, 0.3) is 5.82 Å². The predicted molar refractivity (Wildman–Crippen MR) is 85.0 cm³/mol. The van der Waals surface area contributed by atoms with E-state index in [1.54, 1.807) is 6.07 Å². The van der Waals surface area contributed by atoms with Crippen LogP contribution in [0.5, 0.6) is 0 Å². The fourth-order valence-electron chi connectivity index (χ4n) is 4.15. The van der Waals surface area contributed by atoms with E-state index in [0.717, 1.165) is 32.2 Å². The Bertz CT molecular complexity index is 911. The number of hydrogen-bond acceptors (Lipinski definition) is 6. The smallest absolute Gasteiger partial charge is 0.271 e. The Morgan fingerprint density at radius 1 is 1.28 bits per heavy atom. The normalized spacial score (nSPS) is 22.5. The molecule has 0 bridgehead atoms. The van der Waals surface area contributed by atoms with Gasteiger partial charge in [-0.1, -0.05) is 0 Å². The molecule has 10 nitrogen and oxygen atoms in total. The van der Waals surface area contributed by atoms with Crippen LogP contribution in [0.1, 0.15) is 41.0 Å². The van der Waals surface area contributed by atoms with Gasteiger partial charge < -0.3 is 4.90 Å². The van der Waals surface area contributed by atoms with Crippen LogP contribution < -0.4 is 0 Å². The van der Waals surface area contributed by atoms with Crippen LogP contribution in [0.3, 0.4) is 0 Å². The number of aromatic amines is 2. The summed E-state index contributed by atoms with van der Waals surface area (Å²) in [7, 11) is 0. The second-order valence-corrected chi connectivity index (χ2v) is 6.78. The van der Waals surface area contributed by atoms with Crippen molar-refractivity contribution in [3.05, 3.63) is 35.5 Å². The molecule has 0 saturated carbocycles. The van der Waals surface area contributed by atoms with Crippen molar-refractivity contribution in [1.82, 2.24) is 45.5 Å². The van der Waals surface area contributed by atoms with Gasteiger partial charge in [0.15, 0.2) is 5.82 Å². The van der Waals surface area contributed by atoms with E-state index in [4.69, 9.17) is 0 Å². The summed E-state index contributed by atoms with van der Waals surface area (Å²) in [5.74, 6) is 0.454. The van der Waals surface area contributed by atoms with Crippen LogP contribution in [-0.4, -0.2) is 64.5 Å². The molecule has 5 rings (SSSR count). The lowest BCUT2D eigenvalue weighted by atomic mass is 9.77. The Morgan fingerprint density at radius 2 is 2.24 bits per heavy atom.